The van der Waals surface area contributed by atoms with Crippen LogP contribution >= 0.6 is 0 Å². The van der Waals surface area contributed by atoms with Gasteiger partial charge in [-0.1, -0.05) is 0 Å². The number of amides is 1. The zero-order chi connectivity index (χ0) is 24.3. The Morgan fingerprint density at radius 2 is 2.15 bits per heavy atom. The van der Waals surface area contributed by atoms with Gasteiger partial charge < -0.3 is 19.4 Å². The molecule has 182 valence electrons. The van der Waals surface area contributed by atoms with Crippen LogP contribution in [0.25, 0.3) is 11.0 Å². The summed E-state index contributed by atoms with van der Waals surface area (Å²) in [4.78, 5) is 25.9. The van der Waals surface area contributed by atoms with Crippen molar-refractivity contribution in [1.82, 2.24) is 24.8 Å². The second-order valence-corrected chi connectivity index (χ2v) is 8.29. The lowest BCUT2D eigenvalue weighted by molar-refractivity contribution is -0.137. The molecule has 3 heterocycles. The fourth-order valence-corrected chi connectivity index (χ4v) is 4.13. The zero-order valence-electron chi connectivity index (χ0n) is 18.9. The number of alkyl halides is 3. The third-order valence-electron chi connectivity index (χ3n) is 5.87. The van der Waals surface area contributed by atoms with E-state index in [4.69, 9.17) is 9.47 Å². The van der Waals surface area contributed by atoms with Crippen LogP contribution in [0.4, 0.5) is 13.2 Å². The maximum absolute atomic E-state index is 13.3. The fraction of sp³-hybridized carbons (Fsp3) is 0.478. The molecule has 0 saturated carbocycles. The molecule has 1 aliphatic rings. The van der Waals surface area contributed by atoms with Crippen LogP contribution in [0, 0.1) is 12.8 Å². The van der Waals surface area contributed by atoms with E-state index in [0.29, 0.717) is 43.4 Å². The SMILES string of the molecule is COCCn1c([C@@H](NC(=O)c2cnc(C)cn2)[C@H]2CCCOC2)nc2cc(C(F)(F)F)ccc21. The lowest BCUT2D eigenvalue weighted by Crippen LogP contribution is -2.39. The number of hydrogen-bond donors (Lipinski definition) is 1. The standard InChI is InChI=1S/C23H26F3N5O3/c1-14-11-28-18(12-27-14)22(32)30-20(15-4-3-8-34-13-15)21-29-17-10-16(23(24,25)26)5-6-19(17)31(21)7-9-33-2/h5-6,10-12,15,20H,3-4,7-9,13H2,1-2H3,(H,30,32)/t15-,20-/m0/s1. The minimum atomic E-state index is -4.49. The van der Waals surface area contributed by atoms with Crippen LogP contribution in [-0.2, 0) is 22.2 Å². The van der Waals surface area contributed by atoms with Crippen LogP contribution in [0.5, 0.6) is 0 Å². The predicted molar refractivity (Wildman–Crippen MR) is 117 cm³/mol. The molecular weight excluding hydrogens is 451 g/mol. The minimum Gasteiger partial charge on any atom is -0.383 e. The molecule has 8 nitrogen and oxygen atoms in total. The van der Waals surface area contributed by atoms with Gasteiger partial charge in [0, 0.05) is 32.4 Å². The van der Waals surface area contributed by atoms with E-state index >= 15 is 0 Å². The third-order valence-corrected chi connectivity index (χ3v) is 5.87. The predicted octanol–water partition coefficient (Wildman–Crippen LogP) is 3.70. The van der Waals surface area contributed by atoms with Crippen LogP contribution < -0.4 is 5.32 Å². The molecule has 1 aromatic carbocycles. The van der Waals surface area contributed by atoms with Gasteiger partial charge in [-0.3, -0.25) is 9.78 Å². The van der Waals surface area contributed by atoms with Gasteiger partial charge in [0.15, 0.2) is 0 Å². The summed E-state index contributed by atoms with van der Waals surface area (Å²) in [6.07, 6.45) is -0.0218. The molecule has 4 rings (SSSR count). The summed E-state index contributed by atoms with van der Waals surface area (Å²) in [5.74, 6) is -0.101. The van der Waals surface area contributed by atoms with Crippen molar-refractivity contribution in [2.24, 2.45) is 5.92 Å². The van der Waals surface area contributed by atoms with Gasteiger partial charge >= 0.3 is 6.18 Å². The Morgan fingerprint density at radius 3 is 2.79 bits per heavy atom. The highest BCUT2D eigenvalue weighted by atomic mass is 19.4. The summed E-state index contributed by atoms with van der Waals surface area (Å²) in [6.45, 7) is 3.47. The minimum absolute atomic E-state index is 0.115. The molecule has 0 bridgehead atoms. The average molecular weight is 477 g/mol. The van der Waals surface area contributed by atoms with Gasteiger partial charge in [-0.05, 0) is 38.0 Å². The second-order valence-electron chi connectivity index (χ2n) is 8.29. The summed E-state index contributed by atoms with van der Waals surface area (Å²) >= 11 is 0. The molecular formula is C23H26F3N5O3. The Morgan fingerprint density at radius 1 is 1.32 bits per heavy atom. The molecule has 34 heavy (non-hydrogen) atoms. The van der Waals surface area contributed by atoms with Crippen LogP contribution in [0.15, 0.2) is 30.6 Å². The van der Waals surface area contributed by atoms with Gasteiger partial charge in [0.05, 0.1) is 47.7 Å². The number of nitrogens with zero attached hydrogens (tertiary/aromatic N) is 4. The number of rotatable bonds is 7. The van der Waals surface area contributed by atoms with Gasteiger partial charge in [-0.25, -0.2) is 9.97 Å². The number of nitrogens with one attached hydrogen (secondary N) is 1. The first-order valence-electron chi connectivity index (χ1n) is 11.0. The molecule has 11 heteroatoms. The number of hydrogen-bond acceptors (Lipinski definition) is 6. The lowest BCUT2D eigenvalue weighted by atomic mass is 9.92. The Balaban J connectivity index is 1.78. The summed E-state index contributed by atoms with van der Waals surface area (Å²) < 4.78 is 52.7. The summed E-state index contributed by atoms with van der Waals surface area (Å²) in [5.41, 5.74) is 0.777. The first kappa shape index (κ1) is 24.1. The van der Waals surface area contributed by atoms with Gasteiger partial charge in [-0.2, -0.15) is 13.2 Å². The van der Waals surface area contributed by atoms with Gasteiger partial charge in [-0.15, -0.1) is 0 Å². The molecule has 0 radical (unpaired) electrons. The topological polar surface area (TPSA) is 91.2 Å². The number of aryl methyl sites for hydroxylation is 1. The molecule has 3 aromatic rings. The summed E-state index contributed by atoms with van der Waals surface area (Å²) in [7, 11) is 1.55. The van der Waals surface area contributed by atoms with Gasteiger partial charge in [0.25, 0.3) is 5.91 Å². The zero-order valence-corrected chi connectivity index (χ0v) is 18.9. The van der Waals surface area contributed by atoms with E-state index in [2.05, 4.69) is 20.3 Å². The number of halogens is 3. The second kappa shape index (κ2) is 10.1. The Kier molecular flexibility index (Phi) is 7.13. The van der Waals surface area contributed by atoms with Gasteiger partial charge in [0.1, 0.15) is 11.5 Å². The molecule has 0 aliphatic carbocycles. The molecule has 0 spiro atoms. The number of aromatic nitrogens is 4. The van der Waals surface area contributed by atoms with Crippen LogP contribution in [0.1, 0.15) is 46.5 Å². The molecule has 2 aromatic heterocycles. The van der Waals surface area contributed by atoms with E-state index in [1.165, 1.54) is 18.5 Å². The molecule has 1 saturated heterocycles. The molecule has 1 aliphatic heterocycles. The number of ether oxygens (including phenoxy) is 2. The monoisotopic (exact) mass is 477 g/mol. The van der Waals surface area contributed by atoms with E-state index in [0.717, 1.165) is 25.0 Å². The molecule has 2 atom stereocenters. The lowest BCUT2D eigenvalue weighted by Gasteiger charge is -2.31. The largest absolute Gasteiger partial charge is 0.416 e. The van der Waals surface area contributed by atoms with Crippen molar-refractivity contribution in [2.75, 3.05) is 26.9 Å². The van der Waals surface area contributed by atoms with Crippen molar-refractivity contribution in [3.8, 4) is 0 Å². The maximum atomic E-state index is 13.3. The highest BCUT2D eigenvalue weighted by Gasteiger charge is 2.34. The molecule has 1 N–H and O–H groups in total. The summed E-state index contributed by atoms with van der Waals surface area (Å²) in [6, 6.07) is 2.88. The Hall–Kier alpha value is -3.05. The van der Waals surface area contributed by atoms with Crippen molar-refractivity contribution in [3.05, 3.63) is 53.4 Å². The van der Waals surface area contributed by atoms with E-state index in [1.807, 2.05) is 0 Å². The van der Waals surface area contributed by atoms with Crippen molar-refractivity contribution in [1.29, 1.82) is 0 Å². The maximum Gasteiger partial charge on any atom is 0.416 e. The fourth-order valence-electron chi connectivity index (χ4n) is 4.13. The molecule has 1 amide bonds. The number of imidazole rings is 1. The molecule has 0 unspecified atom stereocenters. The number of fused-ring (bicyclic) bond motifs is 1. The van der Waals surface area contributed by atoms with Crippen molar-refractivity contribution in [2.45, 2.75) is 38.5 Å². The number of benzene rings is 1. The van der Waals surface area contributed by atoms with Crippen molar-refractivity contribution < 1.29 is 27.4 Å². The van der Waals surface area contributed by atoms with E-state index < -0.39 is 23.7 Å². The average Bonchev–Trinajstić information content (AvgIpc) is 3.19. The number of carbonyl (C=O) groups excluding carboxylic acids is 1. The summed E-state index contributed by atoms with van der Waals surface area (Å²) in [5, 5.41) is 2.99. The highest BCUT2D eigenvalue weighted by Crippen LogP contribution is 2.34. The van der Waals surface area contributed by atoms with Crippen LogP contribution in [-0.4, -0.2) is 52.4 Å². The normalized spacial score (nSPS) is 17.6. The Bertz CT molecular complexity index is 1140. The van der Waals surface area contributed by atoms with Gasteiger partial charge in [0.2, 0.25) is 0 Å². The smallest absolute Gasteiger partial charge is 0.383 e. The first-order valence-corrected chi connectivity index (χ1v) is 11.0. The van der Waals surface area contributed by atoms with Crippen LogP contribution in [0.2, 0.25) is 0 Å². The van der Waals surface area contributed by atoms with E-state index in [-0.39, 0.29) is 17.1 Å². The van der Waals surface area contributed by atoms with Crippen molar-refractivity contribution in [3.63, 3.8) is 0 Å². The van der Waals surface area contributed by atoms with Crippen LogP contribution in [0.3, 0.4) is 0 Å². The first-order chi connectivity index (χ1) is 16.3. The highest BCUT2D eigenvalue weighted by molar-refractivity contribution is 5.92. The number of carbonyl (C=O) groups is 1. The van der Waals surface area contributed by atoms with Crippen molar-refractivity contribution >= 4 is 16.9 Å². The quantitative estimate of drug-likeness (QED) is 0.558. The van der Waals surface area contributed by atoms with E-state index in [1.54, 1.807) is 18.6 Å². The molecule has 1 fully saturated rings. The van der Waals surface area contributed by atoms with E-state index in [9.17, 15) is 18.0 Å². The third kappa shape index (κ3) is 5.20. The Labute approximate surface area is 194 Å². The number of methoxy groups -OCH3 is 1.